The van der Waals surface area contributed by atoms with E-state index >= 15 is 0 Å². The van der Waals surface area contributed by atoms with Crippen molar-refractivity contribution in [1.29, 1.82) is 0 Å². The van der Waals surface area contributed by atoms with Crippen LogP contribution in [0.2, 0.25) is 10.0 Å². The second-order valence-electron chi connectivity index (χ2n) is 3.37. The molecular weight excluding hydrogens is 265 g/mol. The third-order valence-electron chi connectivity index (χ3n) is 2.16. The van der Waals surface area contributed by atoms with Crippen molar-refractivity contribution in [3.63, 3.8) is 0 Å². The largest absolute Gasteiger partial charge is 0.386 e. The summed E-state index contributed by atoms with van der Waals surface area (Å²) in [4.78, 5) is 4.05. The van der Waals surface area contributed by atoms with Crippen LogP contribution in [-0.4, -0.2) is 10.1 Å². The van der Waals surface area contributed by atoms with Gasteiger partial charge in [-0.2, -0.15) is 11.3 Å². The number of thiophene rings is 1. The lowest BCUT2D eigenvalue weighted by molar-refractivity contribution is 0.174. The summed E-state index contributed by atoms with van der Waals surface area (Å²) in [5, 5.41) is 14.8. The zero-order valence-corrected chi connectivity index (χ0v) is 10.6. The molecule has 1 unspecified atom stereocenters. The summed E-state index contributed by atoms with van der Waals surface area (Å²) in [5.41, 5.74) is 1.54. The van der Waals surface area contributed by atoms with Gasteiger partial charge in [0.25, 0.3) is 0 Å². The maximum atomic E-state index is 9.98. The molecule has 2 nitrogen and oxygen atoms in total. The number of rotatable bonds is 3. The van der Waals surface area contributed by atoms with Crippen LogP contribution < -0.4 is 0 Å². The predicted molar refractivity (Wildman–Crippen MR) is 67.2 cm³/mol. The lowest BCUT2D eigenvalue weighted by atomic mass is 10.1. The molecule has 0 saturated heterocycles. The van der Waals surface area contributed by atoms with Crippen molar-refractivity contribution in [1.82, 2.24) is 4.98 Å². The molecule has 0 fully saturated rings. The maximum absolute atomic E-state index is 9.98. The van der Waals surface area contributed by atoms with Crippen LogP contribution in [0.3, 0.4) is 0 Å². The van der Waals surface area contributed by atoms with Crippen LogP contribution >= 0.6 is 34.5 Å². The SMILES string of the molecule is OC(Cc1ccsc1)c1ncc(Cl)cc1Cl. The van der Waals surface area contributed by atoms with E-state index in [4.69, 9.17) is 23.2 Å². The van der Waals surface area contributed by atoms with Gasteiger partial charge in [-0.25, -0.2) is 0 Å². The summed E-state index contributed by atoms with van der Waals surface area (Å²) >= 11 is 13.3. The molecule has 0 saturated carbocycles. The first-order valence-electron chi connectivity index (χ1n) is 4.67. The Morgan fingerprint density at radius 1 is 1.44 bits per heavy atom. The highest BCUT2D eigenvalue weighted by molar-refractivity contribution is 7.07. The van der Waals surface area contributed by atoms with Gasteiger partial charge in [-0.15, -0.1) is 0 Å². The van der Waals surface area contributed by atoms with E-state index in [9.17, 15) is 5.11 Å². The van der Waals surface area contributed by atoms with E-state index in [1.165, 1.54) is 6.20 Å². The molecule has 2 heterocycles. The van der Waals surface area contributed by atoms with E-state index in [0.29, 0.717) is 22.2 Å². The number of aromatic nitrogens is 1. The van der Waals surface area contributed by atoms with Gasteiger partial charge in [-0.1, -0.05) is 23.2 Å². The zero-order valence-electron chi connectivity index (χ0n) is 8.23. The van der Waals surface area contributed by atoms with Gasteiger partial charge in [0.2, 0.25) is 0 Å². The van der Waals surface area contributed by atoms with E-state index in [1.54, 1.807) is 17.4 Å². The number of halogens is 2. The van der Waals surface area contributed by atoms with E-state index in [2.05, 4.69) is 4.98 Å². The first kappa shape index (κ1) is 11.9. The topological polar surface area (TPSA) is 33.1 Å². The molecule has 1 N–H and O–H groups in total. The van der Waals surface area contributed by atoms with Gasteiger partial charge in [0.1, 0.15) is 6.10 Å². The quantitative estimate of drug-likeness (QED) is 0.925. The van der Waals surface area contributed by atoms with Crippen LogP contribution in [-0.2, 0) is 6.42 Å². The number of pyridine rings is 1. The lowest BCUT2D eigenvalue weighted by Crippen LogP contribution is -2.04. The Bertz CT molecular complexity index is 473. The molecule has 1 atom stereocenters. The molecule has 0 aliphatic carbocycles. The minimum Gasteiger partial charge on any atom is -0.386 e. The van der Waals surface area contributed by atoms with Gasteiger partial charge in [0, 0.05) is 12.6 Å². The second-order valence-corrected chi connectivity index (χ2v) is 5.00. The molecular formula is C11H9Cl2NOS. The molecule has 0 aromatic carbocycles. The molecule has 2 rings (SSSR count). The van der Waals surface area contributed by atoms with Crippen molar-refractivity contribution >= 4 is 34.5 Å². The molecule has 0 radical (unpaired) electrons. The summed E-state index contributed by atoms with van der Waals surface area (Å²) in [7, 11) is 0. The van der Waals surface area contributed by atoms with E-state index in [1.807, 2.05) is 16.8 Å². The van der Waals surface area contributed by atoms with Crippen LogP contribution in [0, 0.1) is 0 Å². The van der Waals surface area contributed by atoms with Crippen molar-refractivity contribution in [2.24, 2.45) is 0 Å². The van der Waals surface area contributed by atoms with Crippen LogP contribution in [0.25, 0.3) is 0 Å². The Balaban J connectivity index is 2.17. The number of aliphatic hydroxyl groups excluding tert-OH is 1. The maximum Gasteiger partial charge on any atom is 0.101 e. The van der Waals surface area contributed by atoms with Crippen molar-refractivity contribution < 1.29 is 5.11 Å². The van der Waals surface area contributed by atoms with E-state index < -0.39 is 6.10 Å². The van der Waals surface area contributed by atoms with Gasteiger partial charge < -0.3 is 5.11 Å². The van der Waals surface area contributed by atoms with Gasteiger partial charge in [0.15, 0.2) is 0 Å². The minimum atomic E-state index is -0.695. The van der Waals surface area contributed by atoms with Crippen LogP contribution in [0.15, 0.2) is 29.1 Å². The van der Waals surface area contributed by atoms with Crippen molar-refractivity contribution in [2.45, 2.75) is 12.5 Å². The second kappa shape index (κ2) is 5.15. The van der Waals surface area contributed by atoms with E-state index in [0.717, 1.165) is 5.56 Å². The van der Waals surface area contributed by atoms with Crippen LogP contribution in [0.5, 0.6) is 0 Å². The van der Waals surface area contributed by atoms with Gasteiger partial charge >= 0.3 is 0 Å². The minimum absolute atomic E-state index is 0.398. The fourth-order valence-electron chi connectivity index (χ4n) is 1.40. The molecule has 0 aliphatic rings. The molecule has 2 aromatic heterocycles. The number of hydrogen-bond donors (Lipinski definition) is 1. The van der Waals surface area contributed by atoms with Crippen molar-refractivity contribution in [3.05, 3.63) is 50.4 Å². The zero-order chi connectivity index (χ0) is 11.5. The fourth-order valence-corrected chi connectivity index (χ4v) is 2.59. The molecule has 0 aliphatic heterocycles. The predicted octanol–water partition coefficient (Wildman–Crippen LogP) is 3.73. The smallest absolute Gasteiger partial charge is 0.101 e. The van der Waals surface area contributed by atoms with Gasteiger partial charge in [-0.05, 0) is 28.5 Å². The number of nitrogens with zero attached hydrogens (tertiary/aromatic N) is 1. The summed E-state index contributed by atoms with van der Waals surface area (Å²) in [5.74, 6) is 0. The summed E-state index contributed by atoms with van der Waals surface area (Å²) < 4.78 is 0. The highest BCUT2D eigenvalue weighted by Crippen LogP contribution is 2.26. The summed E-state index contributed by atoms with van der Waals surface area (Å²) in [6.07, 6.45) is 1.30. The van der Waals surface area contributed by atoms with Crippen LogP contribution in [0.4, 0.5) is 0 Å². The average Bonchev–Trinajstić information content (AvgIpc) is 2.70. The average molecular weight is 274 g/mol. The Labute approximate surface area is 107 Å². The van der Waals surface area contributed by atoms with Crippen LogP contribution in [0.1, 0.15) is 17.4 Å². The molecule has 0 amide bonds. The molecule has 0 bridgehead atoms. The van der Waals surface area contributed by atoms with Gasteiger partial charge in [-0.3, -0.25) is 4.98 Å². The molecule has 0 spiro atoms. The van der Waals surface area contributed by atoms with Crippen molar-refractivity contribution in [3.8, 4) is 0 Å². The molecule has 16 heavy (non-hydrogen) atoms. The highest BCUT2D eigenvalue weighted by Gasteiger charge is 2.14. The third kappa shape index (κ3) is 2.74. The molecule has 2 aromatic rings. The normalized spacial score (nSPS) is 12.7. The monoisotopic (exact) mass is 273 g/mol. The molecule has 5 heteroatoms. The first-order chi connectivity index (χ1) is 7.66. The summed E-state index contributed by atoms with van der Waals surface area (Å²) in [6, 6.07) is 3.56. The van der Waals surface area contributed by atoms with Gasteiger partial charge in [0.05, 0.1) is 15.7 Å². The lowest BCUT2D eigenvalue weighted by Gasteiger charge is -2.10. The third-order valence-corrected chi connectivity index (χ3v) is 3.40. The fraction of sp³-hybridized carbons (Fsp3) is 0.182. The Morgan fingerprint density at radius 3 is 2.88 bits per heavy atom. The highest BCUT2D eigenvalue weighted by atomic mass is 35.5. The number of hydrogen-bond acceptors (Lipinski definition) is 3. The summed E-state index contributed by atoms with van der Waals surface area (Å²) in [6.45, 7) is 0. The standard InChI is InChI=1S/C11H9Cl2NOS/c12-8-4-9(13)11(14-5-8)10(15)3-7-1-2-16-6-7/h1-2,4-6,10,15H,3H2. The number of aliphatic hydroxyl groups is 1. The Hall–Kier alpha value is -0.610. The Morgan fingerprint density at radius 2 is 2.25 bits per heavy atom. The molecule has 84 valence electrons. The Kier molecular flexibility index (Phi) is 3.82. The van der Waals surface area contributed by atoms with E-state index in [-0.39, 0.29) is 0 Å². The first-order valence-corrected chi connectivity index (χ1v) is 6.37. The van der Waals surface area contributed by atoms with Crippen molar-refractivity contribution in [2.75, 3.05) is 0 Å².